The highest BCUT2D eigenvalue weighted by molar-refractivity contribution is 7.89. The molecule has 1 aliphatic rings. The van der Waals surface area contributed by atoms with Crippen molar-refractivity contribution in [3.8, 4) is 0 Å². The van der Waals surface area contributed by atoms with Crippen molar-refractivity contribution in [2.75, 3.05) is 13.1 Å². The number of nitrogens with one attached hydrogen (secondary N) is 2. The van der Waals surface area contributed by atoms with E-state index in [1.54, 1.807) is 6.07 Å². The molecule has 2 aromatic carbocycles. The minimum Gasteiger partial charge on any atom is -0.330 e. The summed E-state index contributed by atoms with van der Waals surface area (Å²) in [5.74, 6) is 0. The van der Waals surface area contributed by atoms with Gasteiger partial charge in [-0.2, -0.15) is 0 Å². The van der Waals surface area contributed by atoms with Gasteiger partial charge in [-0.15, -0.1) is 0 Å². The van der Waals surface area contributed by atoms with E-state index < -0.39 is 10.0 Å². The lowest BCUT2D eigenvalue weighted by molar-refractivity contribution is 0.355. The number of fused-ring (bicyclic) bond motifs is 1. The fourth-order valence-corrected chi connectivity index (χ4v) is 5.60. The van der Waals surface area contributed by atoms with Gasteiger partial charge in [0.05, 0.1) is 4.90 Å². The predicted molar refractivity (Wildman–Crippen MR) is 116 cm³/mol. The summed E-state index contributed by atoms with van der Waals surface area (Å²) in [6, 6.07) is 11.6. The number of nitrogens with two attached hydrogens (primary N) is 1. The van der Waals surface area contributed by atoms with Crippen molar-refractivity contribution < 1.29 is 8.42 Å². The van der Waals surface area contributed by atoms with Gasteiger partial charge in [-0.3, -0.25) is 0 Å². The highest BCUT2D eigenvalue weighted by Gasteiger charge is 2.23. The van der Waals surface area contributed by atoms with Crippen LogP contribution in [0.25, 0.3) is 10.8 Å². The minimum atomic E-state index is -3.62. The molecule has 0 heterocycles. The maximum absolute atomic E-state index is 13.2. The predicted octanol–water partition coefficient (Wildman–Crippen LogP) is 3.46. The number of benzene rings is 2. The molecular formula is C22H33N3O2S. The van der Waals surface area contributed by atoms with Gasteiger partial charge < -0.3 is 11.1 Å². The fourth-order valence-electron chi connectivity index (χ4n) is 4.12. The topological polar surface area (TPSA) is 84.2 Å². The second kappa shape index (κ2) is 9.83. The maximum Gasteiger partial charge on any atom is 0.241 e. The number of rotatable bonds is 9. The summed E-state index contributed by atoms with van der Waals surface area (Å²) >= 11 is 0. The number of aryl methyl sites for hydroxylation is 1. The molecule has 2 aromatic rings. The molecule has 1 atom stereocenters. The summed E-state index contributed by atoms with van der Waals surface area (Å²) in [7, 11) is -3.62. The Labute approximate surface area is 169 Å². The molecule has 5 nitrogen and oxygen atoms in total. The van der Waals surface area contributed by atoms with Crippen LogP contribution in [0.1, 0.15) is 50.5 Å². The van der Waals surface area contributed by atoms with E-state index >= 15 is 0 Å². The van der Waals surface area contributed by atoms with Crippen molar-refractivity contribution in [2.45, 2.75) is 68.8 Å². The molecule has 0 amide bonds. The first-order valence-corrected chi connectivity index (χ1v) is 11.9. The van der Waals surface area contributed by atoms with Gasteiger partial charge in [0.15, 0.2) is 0 Å². The molecule has 0 saturated heterocycles. The van der Waals surface area contributed by atoms with Gasteiger partial charge in [0.1, 0.15) is 0 Å². The second-order valence-corrected chi connectivity index (χ2v) is 9.60. The Bertz CT molecular complexity index is 876. The van der Waals surface area contributed by atoms with Crippen LogP contribution < -0.4 is 15.8 Å². The van der Waals surface area contributed by atoms with E-state index in [-0.39, 0.29) is 6.04 Å². The van der Waals surface area contributed by atoms with Crippen LogP contribution in [-0.4, -0.2) is 33.6 Å². The van der Waals surface area contributed by atoms with Crippen molar-refractivity contribution in [1.82, 2.24) is 10.0 Å². The second-order valence-electron chi connectivity index (χ2n) is 7.92. The quantitative estimate of drug-likeness (QED) is 0.599. The van der Waals surface area contributed by atoms with Gasteiger partial charge in [0.25, 0.3) is 0 Å². The van der Waals surface area contributed by atoms with E-state index in [1.807, 2.05) is 37.3 Å². The average Bonchev–Trinajstić information content (AvgIpc) is 2.71. The molecule has 6 heteroatoms. The zero-order chi connectivity index (χ0) is 20.0. The van der Waals surface area contributed by atoms with E-state index in [4.69, 9.17) is 5.73 Å². The van der Waals surface area contributed by atoms with E-state index in [9.17, 15) is 8.42 Å². The Morgan fingerprint density at radius 2 is 1.79 bits per heavy atom. The van der Waals surface area contributed by atoms with Gasteiger partial charge in [0, 0.05) is 24.0 Å². The van der Waals surface area contributed by atoms with E-state index in [0.717, 1.165) is 29.2 Å². The zero-order valence-electron chi connectivity index (χ0n) is 16.8. The lowest BCUT2D eigenvalue weighted by atomic mass is 9.95. The smallest absolute Gasteiger partial charge is 0.241 e. The Morgan fingerprint density at radius 3 is 2.50 bits per heavy atom. The molecule has 0 aliphatic heterocycles. The SMILES string of the molecule is Cc1ccc(S(=O)(=O)NC(CCCN)CNC2CCCCC2)c2ccccc12. The van der Waals surface area contributed by atoms with Crippen LogP contribution in [0.3, 0.4) is 0 Å². The van der Waals surface area contributed by atoms with Gasteiger partial charge in [-0.25, -0.2) is 13.1 Å². The van der Waals surface area contributed by atoms with Gasteiger partial charge in [-0.05, 0) is 56.2 Å². The molecule has 1 saturated carbocycles. The monoisotopic (exact) mass is 403 g/mol. The van der Waals surface area contributed by atoms with Crippen LogP contribution in [-0.2, 0) is 10.0 Å². The minimum absolute atomic E-state index is 0.157. The molecule has 1 aliphatic carbocycles. The van der Waals surface area contributed by atoms with Crippen molar-refractivity contribution in [1.29, 1.82) is 0 Å². The Balaban J connectivity index is 1.77. The van der Waals surface area contributed by atoms with Crippen LogP contribution in [0, 0.1) is 6.92 Å². The zero-order valence-corrected chi connectivity index (χ0v) is 17.6. The lowest BCUT2D eigenvalue weighted by Gasteiger charge is -2.26. The lowest BCUT2D eigenvalue weighted by Crippen LogP contribution is -2.45. The Hall–Kier alpha value is -1.47. The van der Waals surface area contributed by atoms with Crippen LogP contribution >= 0.6 is 0 Å². The van der Waals surface area contributed by atoms with Crippen LogP contribution in [0.5, 0.6) is 0 Å². The molecule has 1 fully saturated rings. The summed E-state index contributed by atoms with van der Waals surface area (Å²) in [4.78, 5) is 0.351. The standard InChI is InChI=1S/C22H33N3O2S/c1-17-13-14-22(21-12-6-5-11-20(17)21)28(26,27)25-19(10-7-15-23)16-24-18-8-3-2-4-9-18/h5-6,11-14,18-19,24-25H,2-4,7-10,15-16,23H2,1H3. The summed E-state index contributed by atoms with van der Waals surface area (Å²) < 4.78 is 29.4. The molecule has 154 valence electrons. The van der Waals surface area contributed by atoms with Crippen molar-refractivity contribution in [2.24, 2.45) is 5.73 Å². The number of hydrogen-bond acceptors (Lipinski definition) is 4. The first-order chi connectivity index (χ1) is 13.5. The molecule has 0 radical (unpaired) electrons. The Kier molecular flexibility index (Phi) is 7.46. The van der Waals surface area contributed by atoms with Crippen molar-refractivity contribution in [3.63, 3.8) is 0 Å². The molecule has 0 bridgehead atoms. The molecular weight excluding hydrogens is 370 g/mol. The average molecular weight is 404 g/mol. The highest BCUT2D eigenvalue weighted by Crippen LogP contribution is 2.26. The normalized spacial score (nSPS) is 17.1. The molecule has 4 N–H and O–H groups in total. The van der Waals surface area contributed by atoms with Crippen LogP contribution in [0.4, 0.5) is 0 Å². The van der Waals surface area contributed by atoms with Crippen molar-refractivity contribution >= 4 is 20.8 Å². The first kappa shape index (κ1) is 21.2. The highest BCUT2D eigenvalue weighted by atomic mass is 32.2. The van der Waals surface area contributed by atoms with Gasteiger partial charge in [-0.1, -0.05) is 49.6 Å². The molecule has 0 aromatic heterocycles. The van der Waals surface area contributed by atoms with E-state index in [0.29, 0.717) is 24.0 Å². The molecule has 28 heavy (non-hydrogen) atoms. The largest absolute Gasteiger partial charge is 0.330 e. The number of sulfonamides is 1. The third-order valence-electron chi connectivity index (χ3n) is 5.73. The number of hydrogen-bond donors (Lipinski definition) is 3. The van der Waals surface area contributed by atoms with E-state index in [1.165, 1.54) is 32.1 Å². The van der Waals surface area contributed by atoms with Crippen LogP contribution in [0.2, 0.25) is 0 Å². The van der Waals surface area contributed by atoms with Crippen molar-refractivity contribution in [3.05, 3.63) is 42.0 Å². The molecule has 3 rings (SSSR count). The Morgan fingerprint density at radius 1 is 1.07 bits per heavy atom. The molecule has 0 spiro atoms. The third-order valence-corrected chi connectivity index (χ3v) is 7.31. The maximum atomic E-state index is 13.2. The summed E-state index contributed by atoms with van der Waals surface area (Å²) in [6.45, 7) is 3.22. The summed E-state index contributed by atoms with van der Waals surface area (Å²) in [6.07, 6.45) is 7.71. The summed E-state index contributed by atoms with van der Waals surface area (Å²) in [5, 5.41) is 5.33. The van der Waals surface area contributed by atoms with Gasteiger partial charge >= 0.3 is 0 Å². The molecule has 1 unspecified atom stereocenters. The van der Waals surface area contributed by atoms with Crippen LogP contribution in [0.15, 0.2) is 41.3 Å². The third kappa shape index (κ3) is 5.32. The summed E-state index contributed by atoms with van der Waals surface area (Å²) in [5.41, 5.74) is 6.76. The van der Waals surface area contributed by atoms with Gasteiger partial charge in [0.2, 0.25) is 10.0 Å². The fraction of sp³-hybridized carbons (Fsp3) is 0.545. The van der Waals surface area contributed by atoms with E-state index in [2.05, 4.69) is 10.0 Å². The first-order valence-electron chi connectivity index (χ1n) is 10.5.